The quantitative estimate of drug-likeness (QED) is 0.602. The smallest absolute Gasteiger partial charge is 0.0184 e. The Kier molecular flexibility index (Phi) is 3.13. The first-order chi connectivity index (χ1) is 8.09. The van der Waals surface area contributed by atoms with Crippen molar-refractivity contribution in [2.45, 2.75) is 70.4 Å². The molecule has 1 aliphatic rings. The lowest BCUT2D eigenvalue weighted by Gasteiger charge is -2.49. The molecule has 0 aromatic heterocycles. The van der Waals surface area contributed by atoms with Crippen LogP contribution in [0.15, 0.2) is 11.0 Å². The zero-order valence-corrected chi connectivity index (χ0v) is 13.9. The van der Waals surface area contributed by atoms with Crippen molar-refractivity contribution in [3.05, 3.63) is 28.3 Å². The summed E-state index contributed by atoms with van der Waals surface area (Å²) < 4.78 is 0.310. The summed E-state index contributed by atoms with van der Waals surface area (Å²) in [6.07, 6.45) is 0. The zero-order valence-electron chi connectivity index (χ0n) is 13.1. The van der Waals surface area contributed by atoms with Gasteiger partial charge in [0.05, 0.1) is 0 Å². The largest absolute Gasteiger partial charge is 0.119 e. The molecule has 0 N–H and O–H groups in total. The molecule has 0 nitrogen and oxygen atoms in total. The molecule has 1 aliphatic heterocycles. The van der Waals surface area contributed by atoms with Crippen LogP contribution in [0.3, 0.4) is 0 Å². The minimum absolute atomic E-state index is 0.257. The second-order valence-electron chi connectivity index (χ2n) is 6.97. The van der Waals surface area contributed by atoms with E-state index in [1.54, 1.807) is 5.56 Å². The molecule has 18 heavy (non-hydrogen) atoms. The van der Waals surface area contributed by atoms with Crippen molar-refractivity contribution >= 4 is 11.8 Å². The Bertz CT molecular complexity index is 495. The number of rotatable bonds is 0. The maximum absolute atomic E-state index is 2.42. The molecule has 1 atom stereocenters. The van der Waals surface area contributed by atoms with Gasteiger partial charge in [-0.25, -0.2) is 0 Å². The van der Waals surface area contributed by atoms with Crippen LogP contribution in [-0.4, -0.2) is 4.75 Å². The first-order valence-corrected chi connectivity index (χ1v) is 7.71. The lowest BCUT2D eigenvalue weighted by molar-refractivity contribution is 0.275. The van der Waals surface area contributed by atoms with E-state index in [2.05, 4.69) is 73.2 Å². The maximum Gasteiger partial charge on any atom is 0.0184 e. The summed E-state index contributed by atoms with van der Waals surface area (Å²) in [6, 6.07) is 2.40. The fourth-order valence-electron chi connectivity index (χ4n) is 3.38. The van der Waals surface area contributed by atoms with Crippen LogP contribution in [-0.2, 0) is 5.41 Å². The highest BCUT2D eigenvalue weighted by atomic mass is 32.2. The lowest BCUT2D eigenvalue weighted by Crippen LogP contribution is -2.44. The predicted molar refractivity (Wildman–Crippen MR) is 82.8 cm³/mol. The molecule has 1 unspecified atom stereocenters. The minimum Gasteiger partial charge on any atom is -0.119 e. The first-order valence-electron chi connectivity index (χ1n) is 6.89. The van der Waals surface area contributed by atoms with E-state index in [9.17, 15) is 0 Å². The standard InChI is InChI=1S/C17H26S/c1-10-9-14-15(12(3)11(10)2)16(5,6)13(4)17(7,8)18-14/h9,13H,1-8H3. The Morgan fingerprint density at radius 3 is 2.11 bits per heavy atom. The summed E-state index contributed by atoms with van der Waals surface area (Å²) in [5.41, 5.74) is 6.24. The molecule has 0 spiro atoms. The highest BCUT2D eigenvalue weighted by Gasteiger charge is 2.45. The summed E-state index contributed by atoms with van der Waals surface area (Å²) >= 11 is 2.06. The number of aryl methyl sites for hydroxylation is 1. The topological polar surface area (TPSA) is 0 Å². The molecule has 100 valence electrons. The van der Waals surface area contributed by atoms with Gasteiger partial charge in [-0.3, -0.25) is 0 Å². The van der Waals surface area contributed by atoms with Crippen molar-refractivity contribution in [2.24, 2.45) is 5.92 Å². The molecule has 1 aromatic carbocycles. The maximum atomic E-state index is 2.42. The van der Waals surface area contributed by atoms with E-state index >= 15 is 0 Å². The molecule has 0 fully saturated rings. The van der Waals surface area contributed by atoms with Crippen LogP contribution < -0.4 is 0 Å². The van der Waals surface area contributed by atoms with Crippen LogP contribution in [0.1, 0.15) is 56.9 Å². The molecule has 0 saturated carbocycles. The van der Waals surface area contributed by atoms with Crippen molar-refractivity contribution in [2.75, 3.05) is 0 Å². The van der Waals surface area contributed by atoms with Crippen molar-refractivity contribution < 1.29 is 0 Å². The van der Waals surface area contributed by atoms with Gasteiger partial charge >= 0.3 is 0 Å². The Morgan fingerprint density at radius 1 is 1.00 bits per heavy atom. The molecule has 0 aliphatic carbocycles. The van der Waals surface area contributed by atoms with E-state index in [1.807, 2.05) is 0 Å². The normalized spacial score (nSPS) is 24.8. The second-order valence-corrected chi connectivity index (χ2v) is 8.66. The van der Waals surface area contributed by atoms with Gasteiger partial charge in [-0.05, 0) is 60.4 Å². The number of benzene rings is 1. The first kappa shape index (κ1) is 14.0. The van der Waals surface area contributed by atoms with Gasteiger partial charge in [-0.2, -0.15) is 0 Å². The van der Waals surface area contributed by atoms with Gasteiger partial charge in [0.25, 0.3) is 0 Å². The molecule has 0 radical (unpaired) electrons. The van der Waals surface area contributed by atoms with Crippen LogP contribution in [0.4, 0.5) is 0 Å². The summed E-state index contributed by atoms with van der Waals surface area (Å²) in [4.78, 5) is 1.50. The molecule has 1 heterocycles. The molecule has 0 bridgehead atoms. The Balaban J connectivity index is 2.76. The van der Waals surface area contributed by atoms with Crippen LogP contribution in [0, 0.1) is 26.7 Å². The third-order valence-electron chi connectivity index (χ3n) is 5.27. The number of hydrogen-bond acceptors (Lipinski definition) is 1. The van der Waals surface area contributed by atoms with Crippen LogP contribution in [0.5, 0.6) is 0 Å². The Morgan fingerprint density at radius 2 is 1.56 bits per heavy atom. The van der Waals surface area contributed by atoms with Gasteiger partial charge in [-0.15, -0.1) is 11.8 Å². The average molecular weight is 262 g/mol. The number of thioether (sulfide) groups is 1. The minimum atomic E-state index is 0.257. The highest BCUT2D eigenvalue weighted by Crippen LogP contribution is 2.55. The summed E-state index contributed by atoms with van der Waals surface area (Å²) in [5, 5.41) is 0. The molecular formula is C17H26S. The van der Waals surface area contributed by atoms with Crippen molar-refractivity contribution in [3.63, 3.8) is 0 Å². The van der Waals surface area contributed by atoms with E-state index in [0.29, 0.717) is 10.7 Å². The van der Waals surface area contributed by atoms with Gasteiger partial charge in [0, 0.05) is 9.64 Å². The summed E-state index contributed by atoms with van der Waals surface area (Å²) in [5.74, 6) is 0.670. The van der Waals surface area contributed by atoms with Crippen LogP contribution >= 0.6 is 11.8 Å². The van der Waals surface area contributed by atoms with Crippen LogP contribution in [0.2, 0.25) is 0 Å². The van der Waals surface area contributed by atoms with E-state index in [4.69, 9.17) is 0 Å². The van der Waals surface area contributed by atoms with Gasteiger partial charge in [0.2, 0.25) is 0 Å². The number of hydrogen-bond donors (Lipinski definition) is 0. The zero-order chi connectivity index (χ0) is 13.9. The third-order valence-corrected chi connectivity index (χ3v) is 6.69. The summed E-state index contributed by atoms with van der Waals surface area (Å²) in [6.45, 7) is 18.8. The number of fused-ring (bicyclic) bond motifs is 1. The van der Waals surface area contributed by atoms with Crippen LogP contribution in [0.25, 0.3) is 0 Å². The Labute approximate surface area is 117 Å². The highest BCUT2D eigenvalue weighted by molar-refractivity contribution is 8.00. The fourth-order valence-corrected chi connectivity index (χ4v) is 5.18. The van der Waals surface area contributed by atoms with Gasteiger partial charge in [-0.1, -0.05) is 34.6 Å². The van der Waals surface area contributed by atoms with Crippen molar-refractivity contribution in [1.29, 1.82) is 0 Å². The lowest BCUT2D eigenvalue weighted by atomic mass is 9.67. The monoisotopic (exact) mass is 262 g/mol. The predicted octanol–water partition coefficient (Wildman–Crippen LogP) is 5.41. The molecule has 0 saturated heterocycles. The van der Waals surface area contributed by atoms with Gasteiger partial charge in [0.1, 0.15) is 0 Å². The van der Waals surface area contributed by atoms with E-state index in [-0.39, 0.29) is 5.41 Å². The molecule has 1 heteroatoms. The fraction of sp³-hybridized carbons (Fsp3) is 0.647. The second kappa shape index (κ2) is 4.03. The van der Waals surface area contributed by atoms with E-state index in [1.165, 1.54) is 21.6 Å². The van der Waals surface area contributed by atoms with Gasteiger partial charge < -0.3 is 0 Å². The molecular weight excluding hydrogens is 236 g/mol. The van der Waals surface area contributed by atoms with Gasteiger partial charge in [0.15, 0.2) is 0 Å². The van der Waals surface area contributed by atoms with Crippen molar-refractivity contribution in [3.8, 4) is 0 Å². The molecule has 0 amide bonds. The van der Waals surface area contributed by atoms with E-state index < -0.39 is 0 Å². The SMILES string of the molecule is Cc1cc2c(c(C)c1C)C(C)(C)C(C)C(C)(C)S2. The summed E-state index contributed by atoms with van der Waals surface area (Å²) in [7, 11) is 0. The van der Waals surface area contributed by atoms with Crippen molar-refractivity contribution in [1.82, 2.24) is 0 Å². The third kappa shape index (κ3) is 1.82. The average Bonchev–Trinajstić information content (AvgIpc) is 2.22. The van der Waals surface area contributed by atoms with E-state index in [0.717, 1.165) is 0 Å². The Hall–Kier alpha value is -0.430. The molecule has 1 aromatic rings. The molecule has 2 rings (SSSR count).